The maximum atomic E-state index is 14.1. The van der Waals surface area contributed by atoms with Gasteiger partial charge in [0.15, 0.2) is 0 Å². The predicted octanol–water partition coefficient (Wildman–Crippen LogP) is 8.00. The molecule has 232 valence electrons. The number of rotatable bonds is 7. The molecule has 0 aliphatic carbocycles. The van der Waals surface area contributed by atoms with Gasteiger partial charge in [-0.1, -0.05) is 35.9 Å². The van der Waals surface area contributed by atoms with Gasteiger partial charge >= 0.3 is 6.18 Å². The number of benzene rings is 3. The van der Waals surface area contributed by atoms with Crippen molar-refractivity contribution in [2.24, 2.45) is 0 Å². The molecule has 0 spiro atoms. The quantitative estimate of drug-likeness (QED) is 0.190. The third kappa shape index (κ3) is 6.98. The third-order valence-corrected chi connectivity index (χ3v) is 8.23. The van der Waals surface area contributed by atoms with Gasteiger partial charge in [0.2, 0.25) is 0 Å². The van der Waals surface area contributed by atoms with Crippen molar-refractivity contribution in [1.29, 1.82) is 0 Å². The smallest absolute Gasteiger partial charge is 0.416 e. The topological polar surface area (TPSA) is 73.5 Å². The molecule has 2 aromatic heterocycles. The lowest BCUT2D eigenvalue weighted by molar-refractivity contribution is -0.138. The van der Waals surface area contributed by atoms with Crippen molar-refractivity contribution < 1.29 is 22.7 Å². The molecular weight excluding hydrogens is 603 g/mol. The monoisotopic (exact) mass is 633 g/mol. The Morgan fingerprint density at radius 3 is 2.49 bits per heavy atom. The fourth-order valence-corrected chi connectivity index (χ4v) is 5.52. The first-order chi connectivity index (χ1) is 21.5. The summed E-state index contributed by atoms with van der Waals surface area (Å²) in [5.41, 5.74) is 2.55. The molecule has 6 rings (SSSR count). The SMILES string of the molecule is Cc1ccc(Oc2cc(-c3ccc(Cl)cc3)nc3[nH]ccc23)cc1C(=O)Nc1ccc(CN2CCN(C)CC2)c(C(F)(F)F)c1. The van der Waals surface area contributed by atoms with Crippen LogP contribution in [0.25, 0.3) is 22.3 Å². The normalized spacial score (nSPS) is 14.5. The van der Waals surface area contributed by atoms with E-state index < -0.39 is 17.6 Å². The number of nitrogens with zero attached hydrogens (tertiary/aromatic N) is 3. The average molecular weight is 634 g/mol. The molecule has 0 bridgehead atoms. The number of aromatic amines is 1. The molecule has 1 aliphatic heterocycles. The van der Waals surface area contributed by atoms with Crippen LogP contribution < -0.4 is 10.1 Å². The zero-order chi connectivity index (χ0) is 31.7. The lowest BCUT2D eigenvalue weighted by atomic mass is 10.0. The largest absolute Gasteiger partial charge is 0.456 e. The number of aryl methyl sites for hydroxylation is 1. The molecule has 3 heterocycles. The number of H-pyrrole nitrogens is 1. The first kappa shape index (κ1) is 30.6. The Balaban J connectivity index is 1.24. The van der Waals surface area contributed by atoms with Crippen LogP contribution in [0.3, 0.4) is 0 Å². The molecule has 5 aromatic rings. The summed E-state index contributed by atoms with van der Waals surface area (Å²) < 4.78 is 48.6. The average Bonchev–Trinajstić information content (AvgIpc) is 3.49. The second-order valence-electron chi connectivity index (χ2n) is 11.2. The summed E-state index contributed by atoms with van der Waals surface area (Å²) in [5.74, 6) is 0.369. The van der Waals surface area contributed by atoms with Crippen LogP contribution in [0.5, 0.6) is 11.5 Å². The molecule has 0 atom stereocenters. The van der Waals surface area contributed by atoms with Crippen molar-refractivity contribution in [1.82, 2.24) is 19.8 Å². The first-order valence-electron chi connectivity index (χ1n) is 14.5. The summed E-state index contributed by atoms with van der Waals surface area (Å²) in [6.45, 7) is 4.95. The molecule has 0 unspecified atom stereocenters. The predicted molar refractivity (Wildman–Crippen MR) is 170 cm³/mol. The molecule has 45 heavy (non-hydrogen) atoms. The molecule has 0 radical (unpaired) electrons. The Bertz CT molecular complexity index is 1850. The van der Waals surface area contributed by atoms with Gasteiger partial charge in [-0.3, -0.25) is 9.69 Å². The van der Waals surface area contributed by atoms with Gasteiger partial charge < -0.3 is 19.9 Å². The zero-order valence-electron chi connectivity index (χ0n) is 24.7. The minimum absolute atomic E-state index is 0.0657. The van der Waals surface area contributed by atoms with Gasteiger partial charge in [0.1, 0.15) is 17.1 Å². The number of nitrogens with one attached hydrogen (secondary N) is 2. The summed E-state index contributed by atoms with van der Waals surface area (Å²) in [6.07, 6.45) is -2.80. The van der Waals surface area contributed by atoms with Gasteiger partial charge in [0, 0.05) is 66.8 Å². The number of likely N-dealkylation sites (N-methyl/N-ethyl adjacent to an activating group) is 1. The van der Waals surface area contributed by atoms with Crippen molar-refractivity contribution in [3.63, 3.8) is 0 Å². The number of fused-ring (bicyclic) bond motifs is 1. The Hall–Kier alpha value is -4.38. The molecule has 7 nitrogen and oxygen atoms in total. The highest BCUT2D eigenvalue weighted by Gasteiger charge is 2.34. The summed E-state index contributed by atoms with van der Waals surface area (Å²) in [6, 6.07) is 20.0. The molecule has 3 aromatic carbocycles. The van der Waals surface area contributed by atoms with Crippen LogP contribution in [0.2, 0.25) is 5.02 Å². The molecule has 1 amide bonds. The van der Waals surface area contributed by atoms with Crippen LogP contribution in [0.1, 0.15) is 27.0 Å². The van der Waals surface area contributed by atoms with E-state index in [1.54, 1.807) is 49.5 Å². The van der Waals surface area contributed by atoms with Crippen LogP contribution in [-0.2, 0) is 12.7 Å². The molecule has 1 fully saturated rings. The molecule has 0 saturated carbocycles. The van der Waals surface area contributed by atoms with E-state index in [-0.39, 0.29) is 23.4 Å². The van der Waals surface area contributed by atoms with Gasteiger partial charge in [-0.25, -0.2) is 4.98 Å². The summed E-state index contributed by atoms with van der Waals surface area (Å²) >= 11 is 6.06. The summed E-state index contributed by atoms with van der Waals surface area (Å²) in [5, 5.41) is 4.01. The molecular formula is C34H31ClF3N5O2. The maximum Gasteiger partial charge on any atom is 0.416 e. The summed E-state index contributed by atoms with van der Waals surface area (Å²) in [7, 11) is 2.00. The van der Waals surface area contributed by atoms with E-state index in [2.05, 4.69) is 20.2 Å². The fraction of sp³-hybridized carbons (Fsp3) is 0.235. The van der Waals surface area contributed by atoms with Crippen LogP contribution in [0.15, 0.2) is 79.0 Å². The Kier molecular flexibility index (Phi) is 8.54. The van der Waals surface area contributed by atoms with Crippen molar-refractivity contribution in [2.75, 3.05) is 38.5 Å². The van der Waals surface area contributed by atoms with Gasteiger partial charge in [0.25, 0.3) is 5.91 Å². The number of piperazine rings is 1. The Morgan fingerprint density at radius 1 is 1.00 bits per heavy atom. The van der Waals surface area contributed by atoms with Gasteiger partial charge in [-0.2, -0.15) is 13.2 Å². The number of pyridine rings is 1. The molecule has 1 aliphatic rings. The highest BCUT2D eigenvalue weighted by atomic mass is 35.5. The zero-order valence-corrected chi connectivity index (χ0v) is 25.5. The van der Waals surface area contributed by atoms with E-state index in [9.17, 15) is 18.0 Å². The Morgan fingerprint density at radius 2 is 1.76 bits per heavy atom. The van der Waals surface area contributed by atoms with Crippen molar-refractivity contribution in [2.45, 2.75) is 19.6 Å². The van der Waals surface area contributed by atoms with Crippen LogP contribution in [-0.4, -0.2) is 58.9 Å². The third-order valence-electron chi connectivity index (χ3n) is 7.98. The number of hydrogen-bond acceptors (Lipinski definition) is 5. The lowest BCUT2D eigenvalue weighted by Gasteiger charge is -2.33. The highest BCUT2D eigenvalue weighted by Crippen LogP contribution is 2.36. The van der Waals surface area contributed by atoms with Crippen molar-refractivity contribution in [3.05, 3.63) is 106 Å². The summed E-state index contributed by atoms with van der Waals surface area (Å²) in [4.78, 5) is 25.3. The van der Waals surface area contributed by atoms with Crippen molar-refractivity contribution >= 4 is 34.2 Å². The second kappa shape index (κ2) is 12.5. The molecule has 11 heteroatoms. The highest BCUT2D eigenvalue weighted by molar-refractivity contribution is 6.30. The number of anilines is 1. The van der Waals surface area contributed by atoms with E-state index in [1.165, 1.54) is 12.1 Å². The van der Waals surface area contributed by atoms with Crippen LogP contribution in [0.4, 0.5) is 18.9 Å². The molecule has 1 saturated heterocycles. The number of halogens is 4. The Labute approximate surface area is 263 Å². The van der Waals surface area contributed by atoms with E-state index in [0.29, 0.717) is 46.5 Å². The maximum absolute atomic E-state index is 14.1. The molecule has 2 N–H and O–H groups in total. The van der Waals surface area contributed by atoms with Gasteiger partial charge in [-0.15, -0.1) is 0 Å². The van der Waals surface area contributed by atoms with E-state index in [4.69, 9.17) is 16.3 Å². The first-order valence-corrected chi connectivity index (χ1v) is 14.9. The van der Waals surface area contributed by atoms with E-state index in [0.717, 1.165) is 30.1 Å². The number of aromatic nitrogens is 2. The number of hydrogen-bond donors (Lipinski definition) is 2. The second-order valence-corrected chi connectivity index (χ2v) is 11.7. The van der Waals surface area contributed by atoms with E-state index >= 15 is 0 Å². The number of carbonyl (C=O) groups excluding carboxylic acids is 1. The van der Waals surface area contributed by atoms with Crippen LogP contribution >= 0.6 is 11.6 Å². The number of amides is 1. The van der Waals surface area contributed by atoms with E-state index in [1.807, 2.05) is 30.1 Å². The van der Waals surface area contributed by atoms with Gasteiger partial charge in [-0.05, 0) is 67.6 Å². The number of ether oxygens (including phenoxy) is 1. The lowest BCUT2D eigenvalue weighted by Crippen LogP contribution is -2.44. The standard InChI is InChI=1S/C34H31ClF3N5O2/c1-21-3-10-26(45-31-19-30(22-4-7-24(35)8-5-22)41-32-27(31)11-12-39-32)18-28(21)33(44)40-25-9-6-23(29(17-25)34(36,37)38)20-43-15-13-42(2)14-16-43/h3-12,17-19H,13-16,20H2,1-2H3,(H,39,41)(H,40,44). The van der Waals surface area contributed by atoms with Gasteiger partial charge in [0.05, 0.1) is 16.6 Å². The van der Waals surface area contributed by atoms with Crippen molar-refractivity contribution in [3.8, 4) is 22.8 Å². The van der Waals surface area contributed by atoms with Crippen LogP contribution in [0, 0.1) is 6.92 Å². The minimum Gasteiger partial charge on any atom is -0.456 e. The minimum atomic E-state index is -4.56. The number of carbonyl (C=O) groups is 1. The fourth-order valence-electron chi connectivity index (χ4n) is 5.40. The number of alkyl halides is 3.